The highest BCUT2D eigenvalue weighted by molar-refractivity contribution is 5.92. The molecule has 0 saturated heterocycles. The van der Waals surface area contributed by atoms with Gasteiger partial charge in [-0.25, -0.2) is 13.8 Å². The maximum absolute atomic E-state index is 13.8. The fraction of sp³-hybridized carbons (Fsp3) is 0.250. The van der Waals surface area contributed by atoms with Crippen LogP contribution in [0.15, 0.2) is 36.5 Å². The van der Waals surface area contributed by atoms with E-state index in [0.717, 1.165) is 18.9 Å². The lowest BCUT2D eigenvalue weighted by Crippen LogP contribution is -2.33. The Morgan fingerprint density at radius 1 is 1.27 bits per heavy atom. The van der Waals surface area contributed by atoms with Gasteiger partial charge in [0.2, 0.25) is 0 Å². The van der Waals surface area contributed by atoms with Gasteiger partial charge in [0.25, 0.3) is 5.91 Å². The second-order valence-electron chi connectivity index (χ2n) is 5.38. The van der Waals surface area contributed by atoms with E-state index in [1.807, 2.05) is 0 Å². The van der Waals surface area contributed by atoms with Gasteiger partial charge in [0, 0.05) is 24.2 Å². The van der Waals surface area contributed by atoms with Crippen molar-refractivity contribution in [2.45, 2.75) is 25.4 Å². The fourth-order valence-corrected chi connectivity index (χ4v) is 2.27. The maximum Gasteiger partial charge on any atom is 0.272 e. The normalized spacial score (nSPS) is 13.9. The minimum atomic E-state index is -0.649. The first kappa shape index (κ1) is 14.4. The predicted molar refractivity (Wildman–Crippen MR) is 77.9 cm³/mol. The van der Waals surface area contributed by atoms with Crippen LogP contribution >= 0.6 is 0 Å². The average molecular weight is 303 g/mol. The summed E-state index contributed by atoms with van der Waals surface area (Å²) in [5, 5.41) is 0. The van der Waals surface area contributed by atoms with Crippen LogP contribution < -0.4 is 5.73 Å². The SMILES string of the molecule is Nc1ccc(C(=O)N(Cc2ccc(F)cc2F)C2CC2)nc1. The molecular formula is C16H15F2N3O. The Balaban J connectivity index is 1.83. The molecule has 0 spiro atoms. The second kappa shape index (κ2) is 5.71. The Bertz CT molecular complexity index is 699. The Hall–Kier alpha value is -2.50. The molecule has 0 bridgehead atoms. The quantitative estimate of drug-likeness (QED) is 0.945. The topological polar surface area (TPSA) is 59.2 Å². The number of hydrogen-bond acceptors (Lipinski definition) is 3. The molecule has 114 valence electrons. The highest BCUT2D eigenvalue weighted by Gasteiger charge is 2.34. The molecule has 1 aliphatic carbocycles. The van der Waals surface area contributed by atoms with Crippen LogP contribution in [-0.4, -0.2) is 21.8 Å². The smallest absolute Gasteiger partial charge is 0.272 e. The zero-order valence-corrected chi connectivity index (χ0v) is 11.8. The highest BCUT2D eigenvalue weighted by Crippen LogP contribution is 2.30. The number of anilines is 1. The molecule has 0 aliphatic heterocycles. The lowest BCUT2D eigenvalue weighted by atomic mass is 10.1. The van der Waals surface area contributed by atoms with Crippen LogP contribution in [0, 0.1) is 11.6 Å². The van der Waals surface area contributed by atoms with E-state index in [-0.39, 0.29) is 29.8 Å². The number of halogens is 2. The molecule has 1 aliphatic rings. The molecule has 6 heteroatoms. The van der Waals surface area contributed by atoms with Crippen LogP contribution in [0.1, 0.15) is 28.9 Å². The lowest BCUT2D eigenvalue weighted by molar-refractivity contribution is 0.0722. The summed E-state index contributed by atoms with van der Waals surface area (Å²) in [5.74, 6) is -1.55. The summed E-state index contributed by atoms with van der Waals surface area (Å²) in [4.78, 5) is 18.1. The van der Waals surface area contributed by atoms with E-state index in [1.54, 1.807) is 17.0 Å². The third kappa shape index (κ3) is 3.05. The molecule has 1 aromatic carbocycles. The number of pyridine rings is 1. The van der Waals surface area contributed by atoms with Crippen LogP contribution in [0.4, 0.5) is 14.5 Å². The van der Waals surface area contributed by atoms with Gasteiger partial charge in [-0.15, -0.1) is 0 Å². The van der Waals surface area contributed by atoms with Gasteiger partial charge in [-0.2, -0.15) is 0 Å². The number of amides is 1. The number of carbonyl (C=O) groups is 1. The molecule has 3 rings (SSSR count). The van der Waals surface area contributed by atoms with Gasteiger partial charge in [-0.05, 0) is 31.0 Å². The lowest BCUT2D eigenvalue weighted by Gasteiger charge is -2.22. The van der Waals surface area contributed by atoms with E-state index in [4.69, 9.17) is 5.73 Å². The number of rotatable bonds is 4. The van der Waals surface area contributed by atoms with Gasteiger partial charge >= 0.3 is 0 Å². The first-order chi connectivity index (χ1) is 10.5. The summed E-state index contributed by atoms with van der Waals surface area (Å²) in [6.07, 6.45) is 3.17. The Morgan fingerprint density at radius 3 is 2.64 bits per heavy atom. The van der Waals surface area contributed by atoms with Crippen LogP contribution in [-0.2, 0) is 6.54 Å². The Labute approximate surface area is 126 Å². The molecule has 1 fully saturated rings. The number of nitrogens with zero attached hydrogens (tertiary/aromatic N) is 2. The van der Waals surface area contributed by atoms with E-state index < -0.39 is 11.6 Å². The van der Waals surface area contributed by atoms with E-state index in [2.05, 4.69) is 4.98 Å². The molecule has 2 aromatic rings. The first-order valence-corrected chi connectivity index (χ1v) is 7.01. The molecule has 22 heavy (non-hydrogen) atoms. The Morgan fingerprint density at radius 2 is 2.05 bits per heavy atom. The van der Waals surface area contributed by atoms with Crippen molar-refractivity contribution < 1.29 is 13.6 Å². The number of nitrogens with two attached hydrogens (primary N) is 1. The van der Waals surface area contributed by atoms with Crippen LogP contribution in [0.5, 0.6) is 0 Å². The third-order valence-corrected chi connectivity index (χ3v) is 3.61. The highest BCUT2D eigenvalue weighted by atomic mass is 19.1. The van der Waals surface area contributed by atoms with E-state index in [1.165, 1.54) is 18.3 Å². The summed E-state index contributed by atoms with van der Waals surface area (Å²) in [6.45, 7) is 0.0989. The molecule has 1 heterocycles. The number of nitrogen functional groups attached to an aromatic ring is 1. The molecular weight excluding hydrogens is 288 g/mol. The average Bonchev–Trinajstić information content (AvgIpc) is 3.31. The monoisotopic (exact) mass is 303 g/mol. The van der Waals surface area contributed by atoms with E-state index in [9.17, 15) is 13.6 Å². The maximum atomic E-state index is 13.8. The third-order valence-electron chi connectivity index (χ3n) is 3.61. The largest absolute Gasteiger partial charge is 0.397 e. The van der Waals surface area contributed by atoms with Crippen molar-refractivity contribution in [1.82, 2.24) is 9.88 Å². The number of carbonyl (C=O) groups excluding carboxylic acids is 1. The fourth-order valence-electron chi connectivity index (χ4n) is 2.27. The zero-order chi connectivity index (χ0) is 15.7. The van der Waals surface area contributed by atoms with Gasteiger partial charge in [-0.1, -0.05) is 6.07 Å². The van der Waals surface area contributed by atoms with Crippen LogP contribution in [0.25, 0.3) is 0 Å². The van der Waals surface area contributed by atoms with E-state index in [0.29, 0.717) is 5.69 Å². The molecule has 0 radical (unpaired) electrons. The summed E-state index contributed by atoms with van der Waals surface area (Å²) in [5.41, 5.74) is 6.59. The number of benzene rings is 1. The van der Waals surface area contributed by atoms with Crippen molar-refractivity contribution in [2.24, 2.45) is 0 Å². The molecule has 1 aromatic heterocycles. The summed E-state index contributed by atoms with van der Waals surface area (Å²) in [6, 6.07) is 6.61. The molecule has 1 saturated carbocycles. The summed E-state index contributed by atoms with van der Waals surface area (Å²) >= 11 is 0. The summed E-state index contributed by atoms with van der Waals surface area (Å²) < 4.78 is 26.8. The minimum absolute atomic E-state index is 0.0799. The van der Waals surface area contributed by atoms with Gasteiger partial charge < -0.3 is 10.6 Å². The van der Waals surface area contributed by atoms with E-state index >= 15 is 0 Å². The number of aromatic nitrogens is 1. The standard InChI is InChI=1S/C16H15F2N3O/c17-11-2-1-10(14(18)7-11)9-21(13-4-5-13)16(22)15-6-3-12(19)8-20-15/h1-3,6-8,13H,4-5,9,19H2. The zero-order valence-electron chi connectivity index (χ0n) is 11.8. The molecule has 2 N–H and O–H groups in total. The van der Waals surface area contributed by atoms with Gasteiger partial charge in [0.05, 0.1) is 11.9 Å². The minimum Gasteiger partial charge on any atom is -0.397 e. The molecule has 0 atom stereocenters. The first-order valence-electron chi connectivity index (χ1n) is 7.01. The van der Waals surface area contributed by atoms with Crippen molar-refractivity contribution in [3.05, 3.63) is 59.4 Å². The van der Waals surface area contributed by atoms with Crippen molar-refractivity contribution >= 4 is 11.6 Å². The Kier molecular flexibility index (Phi) is 3.75. The van der Waals surface area contributed by atoms with Gasteiger partial charge in [0.15, 0.2) is 0 Å². The molecule has 0 unspecified atom stereocenters. The molecule has 4 nitrogen and oxygen atoms in total. The van der Waals surface area contributed by atoms with Crippen LogP contribution in [0.2, 0.25) is 0 Å². The number of hydrogen-bond donors (Lipinski definition) is 1. The van der Waals surface area contributed by atoms with Crippen LogP contribution in [0.3, 0.4) is 0 Å². The van der Waals surface area contributed by atoms with Gasteiger partial charge in [0.1, 0.15) is 17.3 Å². The predicted octanol–water partition coefficient (Wildman–Crippen LogP) is 2.75. The van der Waals surface area contributed by atoms with Crippen molar-refractivity contribution in [3.8, 4) is 0 Å². The van der Waals surface area contributed by atoms with Crippen molar-refractivity contribution in [1.29, 1.82) is 0 Å². The van der Waals surface area contributed by atoms with Crippen molar-refractivity contribution in [2.75, 3.05) is 5.73 Å². The van der Waals surface area contributed by atoms with Crippen molar-refractivity contribution in [3.63, 3.8) is 0 Å². The summed E-state index contributed by atoms with van der Waals surface area (Å²) in [7, 11) is 0. The second-order valence-corrected chi connectivity index (χ2v) is 5.38. The molecule has 1 amide bonds. The van der Waals surface area contributed by atoms with Gasteiger partial charge in [-0.3, -0.25) is 4.79 Å².